The Morgan fingerprint density at radius 3 is 2.63 bits per heavy atom. The minimum Gasteiger partial charge on any atom is -0.384 e. The van der Waals surface area contributed by atoms with Crippen molar-refractivity contribution in [2.75, 3.05) is 19.6 Å². The first-order chi connectivity index (χ1) is 16.3. The zero-order valence-corrected chi connectivity index (χ0v) is 19.9. The molecule has 6 nitrogen and oxygen atoms in total. The summed E-state index contributed by atoms with van der Waals surface area (Å²) in [5, 5.41) is 13.6. The molecule has 0 radical (unpaired) electrons. The van der Waals surface area contributed by atoms with Crippen LogP contribution in [0.3, 0.4) is 0 Å². The molecule has 2 aromatic rings. The number of fused-ring (bicyclic) bond motifs is 1. The number of aliphatic hydroxyl groups is 1. The summed E-state index contributed by atoms with van der Waals surface area (Å²) < 4.78 is 58.2. The summed E-state index contributed by atoms with van der Waals surface area (Å²) >= 11 is 0. The summed E-state index contributed by atoms with van der Waals surface area (Å²) in [5.74, 6) is -4.63. The molecule has 190 valence electrons. The van der Waals surface area contributed by atoms with Crippen LogP contribution in [0.2, 0.25) is 0 Å². The molecule has 3 atom stereocenters. The fourth-order valence-corrected chi connectivity index (χ4v) is 5.38. The van der Waals surface area contributed by atoms with Crippen molar-refractivity contribution in [2.45, 2.75) is 57.7 Å². The number of alkyl halides is 3. The number of carbonyl (C=O) groups excluding carboxylic acids is 2. The molecule has 1 aromatic carbocycles. The third kappa shape index (κ3) is 4.78. The van der Waals surface area contributed by atoms with Crippen LogP contribution in [0, 0.1) is 24.6 Å². The Bertz CT molecular complexity index is 1170. The van der Waals surface area contributed by atoms with Crippen molar-refractivity contribution in [3.05, 3.63) is 40.8 Å². The maximum atomic E-state index is 15.9. The lowest BCUT2D eigenvalue weighted by Crippen LogP contribution is -2.56. The van der Waals surface area contributed by atoms with Gasteiger partial charge in [0.2, 0.25) is 11.8 Å². The average molecular weight is 496 g/mol. The molecular formula is C25H29F4N3O3. The maximum absolute atomic E-state index is 15.9. The second-order valence-electron chi connectivity index (χ2n) is 10.1. The maximum Gasteiger partial charge on any atom is 0.396 e. The van der Waals surface area contributed by atoms with Gasteiger partial charge in [0.1, 0.15) is 17.3 Å². The second kappa shape index (κ2) is 9.13. The number of imide groups is 1. The number of amides is 2. The van der Waals surface area contributed by atoms with Gasteiger partial charge < -0.3 is 10.0 Å². The number of halogens is 4. The van der Waals surface area contributed by atoms with E-state index in [-0.39, 0.29) is 42.6 Å². The van der Waals surface area contributed by atoms with Gasteiger partial charge in [0.25, 0.3) is 0 Å². The largest absolute Gasteiger partial charge is 0.396 e. The predicted octanol–water partition coefficient (Wildman–Crippen LogP) is 3.93. The van der Waals surface area contributed by atoms with Crippen LogP contribution in [0.15, 0.2) is 18.2 Å². The third-order valence-corrected chi connectivity index (χ3v) is 7.09. The molecule has 0 saturated carbocycles. The van der Waals surface area contributed by atoms with Crippen molar-refractivity contribution in [1.82, 2.24) is 15.2 Å². The Hall–Kier alpha value is -2.59. The van der Waals surface area contributed by atoms with E-state index < -0.39 is 53.4 Å². The van der Waals surface area contributed by atoms with Crippen molar-refractivity contribution in [3.8, 4) is 0 Å². The van der Waals surface area contributed by atoms with Crippen LogP contribution in [-0.2, 0) is 15.2 Å². The van der Waals surface area contributed by atoms with Crippen LogP contribution >= 0.6 is 0 Å². The number of nitrogens with one attached hydrogen (secondary N) is 1. The van der Waals surface area contributed by atoms with Crippen LogP contribution in [0.1, 0.15) is 55.8 Å². The first-order valence-corrected chi connectivity index (χ1v) is 11.8. The lowest BCUT2D eigenvalue weighted by atomic mass is 9.74. The Balaban J connectivity index is 1.78. The molecule has 35 heavy (non-hydrogen) atoms. The molecule has 2 saturated heterocycles. The van der Waals surface area contributed by atoms with Crippen molar-refractivity contribution in [3.63, 3.8) is 0 Å². The normalized spacial score (nSPS) is 26.4. The average Bonchev–Trinajstić information content (AvgIpc) is 2.74. The monoisotopic (exact) mass is 495 g/mol. The number of aryl methyl sites for hydroxylation is 1. The quantitative estimate of drug-likeness (QED) is 0.496. The number of hydrogen-bond donors (Lipinski definition) is 2. The molecule has 2 fully saturated rings. The number of aromatic nitrogens is 1. The number of piperidine rings is 2. The molecule has 2 aliphatic rings. The molecule has 1 aromatic heterocycles. The van der Waals surface area contributed by atoms with Crippen molar-refractivity contribution in [1.29, 1.82) is 0 Å². The number of rotatable bonds is 4. The van der Waals surface area contributed by atoms with Gasteiger partial charge in [-0.1, -0.05) is 19.9 Å². The highest BCUT2D eigenvalue weighted by Crippen LogP contribution is 2.47. The van der Waals surface area contributed by atoms with Crippen molar-refractivity contribution < 1.29 is 32.3 Å². The molecule has 0 spiro atoms. The standard InChI is InChI=1S/C25H29F4N3O3/c1-13(2)11-32-9-8-24(35,20(12-32)25(27,28)29)18-5-6-19-17(22(18)26)10-16(14(3)30-19)15-4-7-21(33)31-23(15)34/h5-6,10,13,15,20,35H,4,7-9,11-12H2,1-3H3,(H,31,33,34). The highest BCUT2D eigenvalue weighted by Gasteiger charge is 2.57. The van der Waals surface area contributed by atoms with Gasteiger partial charge in [-0.25, -0.2) is 4.39 Å². The van der Waals surface area contributed by atoms with E-state index in [0.29, 0.717) is 17.8 Å². The van der Waals surface area contributed by atoms with Crippen LogP contribution in [0.25, 0.3) is 10.9 Å². The van der Waals surface area contributed by atoms with Gasteiger partial charge in [0.05, 0.1) is 11.4 Å². The molecule has 2 aliphatic heterocycles. The minimum atomic E-state index is -4.74. The van der Waals surface area contributed by atoms with Gasteiger partial charge in [0, 0.05) is 42.7 Å². The van der Waals surface area contributed by atoms with Crippen LogP contribution in [0.4, 0.5) is 17.6 Å². The lowest BCUT2D eigenvalue weighted by molar-refractivity contribution is -0.248. The number of pyridine rings is 1. The summed E-state index contributed by atoms with van der Waals surface area (Å²) in [6, 6.07) is 4.00. The van der Waals surface area contributed by atoms with Crippen LogP contribution in [-0.4, -0.2) is 52.6 Å². The number of nitrogens with zero attached hydrogens (tertiary/aromatic N) is 2. The molecule has 2 N–H and O–H groups in total. The van der Waals surface area contributed by atoms with Crippen LogP contribution < -0.4 is 5.32 Å². The number of hydrogen-bond acceptors (Lipinski definition) is 5. The van der Waals surface area contributed by atoms with Gasteiger partial charge in [-0.15, -0.1) is 0 Å². The number of benzene rings is 1. The Morgan fingerprint density at radius 1 is 1.29 bits per heavy atom. The highest BCUT2D eigenvalue weighted by molar-refractivity contribution is 6.01. The van der Waals surface area contributed by atoms with Crippen molar-refractivity contribution >= 4 is 22.7 Å². The number of carbonyl (C=O) groups is 2. The van der Waals surface area contributed by atoms with Crippen LogP contribution in [0.5, 0.6) is 0 Å². The zero-order chi connectivity index (χ0) is 25.7. The first kappa shape index (κ1) is 25.5. The predicted molar refractivity (Wildman–Crippen MR) is 121 cm³/mol. The van der Waals surface area contributed by atoms with E-state index in [2.05, 4.69) is 10.3 Å². The fraction of sp³-hybridized carbons (Fsp3) is 0.560. The smallest absolute Gasteiger partial charge is 0.384 e. The first-order valence-electron chi connectivity index (χ1n) is 11.8. The molecule has 4 rings (SSSR count). The molecule has 0 aliphatic carbocycles. The molecule has 3 heterocycles. The Morgan fingerprint density at radius 2 is 2.00 bits per heavy atom. The van der Waals surface area contributed by atoms with Gasteiger partial charge >= 0.3 is 6.18 Å². The Kier molecular flexibility index (Phi) is 6.65. The van der Waals surface area contributed by atoms with E-state index in [1.54, 1.807) is 11.8 Å². The van der Waals surface area contributed by atoms with E-state index >= 15 is 4.39 Å². The summed E-state index contributed by atoms with van der Waals surface area (Å²) in [4.78, 5) is 29.9. The summed E-state index contributed by atoms with van der Waals surface area (Å²) in [6.45, 7) is 5.68. The van der Waals surface area contributed by atoms with E-state index in [0.717, 1.165) is 0 Å². The Labute approximate surface area is 200 Å². The molecular weight excluding hydrogens is 466 g/mol. The molecule has 2 amide bonds. The van der Waals surface area contributed by atoms with Crippen molar-refractivity contribution in [2.24, 2.45) is 11.8 Å². The number of likely N-dealkylation sites (tertiary alicyclic amines) is 1. The van der Waals surface area contributed by atoms with Gasteiger partial charge in [-0.05, 0) is 43.4 Å². The lowest BCUT2D eigenvalue weighted by Gasteiger charge is -2.46. The second-order valence-corrected chi connectivity index (χ2v) is 10.1. The van der Waals surface area contributed by atoms with E-state index in [1.165, 1.54) is 18.2 Å². The van der Waals surface area contributed by atoms with Gasteiger partial charge in [-0.2, -0.15) is 13.2 Å². The highest BCUT2D eigenvalue weighted by atomic mass is 19.4. The molecule has 3 unspecified atom stereocenters. The van der Waals surface area contributed by atoms with E-state index in [4.69, 9.17) is 0 Å². The summed E-state index contributed by atoms with van der Waals surface area (Å²) in [5.41, 5.74) is -1.78. The SMILES string of the molecule is Cc1nc2ccc(C3(O)CCN(CC(C)C)CC3C(F)(F)F)c(F)c2cc1C1CCC(=O)NC1=O. The van der Waals surface area contributed by atoms with Gasteiger partial charge in [0.15, 0.2) is 0 Å². The topological polar surface area (TPSA) is 82.5 Å². The zero-order valence-electron chi connectivity index (χ0n) is 19.9. The minimum absolute atomic E-state index is 0.0632. The molecule has 0 bridgehead atoms. The van der Waals surface area contributed by atoms with E-state index in [9.17, 15) is 27.9 Å². The fourth-order valence-electron chi connectivity index (χ4n) is 5.38. The summed E-state index contributed by atoms with van der Waals surface area (Å²) in [7, 11) is 0. The third-order valence-electron chi connectivity index (χ3n) is 7.09. The molecule has 10 heteroatoms. The van der Waals surface area contributed by atoms with Gasteiger partial charge in [-0.3, -0.25) is 19.9 Å². The summed E-state index contributed by atoms with van der Waals surface area (Å²) in [6.07, 6.45) is -4.66. The van der Waals surface area contributed by atoms with E-state index in [1.807, 2.05) is 13.8 Å².